The fourth-order valence-corrected chi connectivity index (χ4v) is 3.72. The van der Waals surface area contributed by atoms with E-state index < -0.39 is 6.61 Å². The maximum atomic E-state index is 13.1. The summed E-state index contributed by atoms with van der Waals surface area (Å²) >= 11 is 6.12. The fraction of sp³-hybridized carbons (Fsp3) is 0.261. The van der Waals surface area contributed by atoms with Gasteiger partial charge in [-0.15, -0.1) is 0 Å². The van der Waals surface area contributed by atoms with Crippen LogP contribution in [0.2, 0.25) is 0 Å². The van der Waals surface area contributed by atoms with Gasteiger partial charge >= 0.3 is 0 Å². The Morgan fingerprint density at radius 2 is 1.83 bits per heavy atom. The highest BCUT2D eigenvalue weighted by atomic mass is 35.5. The van der Waals surface area contributed by atoms with E-state index in [1.54, 1.807) is 23.1 Å². The topological polar surface area (TPSA) is 114 Å². The van der Waals surface area contributed by atoms with E-state index in [9.17, 15) is 9.90 Å². The van der Waals surface area contributed by atoms with Gasteiger partial charge in [0.05, 0.1) is 34.7 Å². The number of aryl methyl sites for hydroxylation is 2. The number of aliphatic hydroxyl groups excluding tert-OH is 1. The third kappa shape index (κ3) is 4.09. The van der Waals surface area contributed by atoms with Crippen molar-refractivity contribution in [3.8, 4) is 6.07 Å². The number of aliphatic hydroxyl groups is 1. The molecule has 3 rings (SSSR count). The number of nitrogens with two attached hydrogens (primary N) is 1. The summed E-state index contributed by atoms with van der Waals surface area (Å²) in [6.45, 7) is 4.47. The molecule has 0 spiro atoms. The number of carbonyl (C=O) groups excluding carboxylic acids is 1. The van der Waals surface area contributed by atoms with Crippen molar-refractivity contribution in [1.29, 1.82) is 10.7 Å². The van der Waals surface area contributed by atoms with E-state index in [0.29, 0.717) is 29.8 Å². The molecule has 4 N–H and O–H groups in total. The first kappa shape index (κ1) is 21.6. The molecule has 1 aliphatic heterocycles. The minimum absolute atomic E-state index is 0.0162. The van der Waals surface area contributed by atoms with Gasteiger partial charge in [0.25, 0.3) is 5.91 Å². The maximum Gasteiger partial charge on any atom is 0.254 e. The molecule has 2 aromatic carbocycles. The maximum absolute atomic E-state index is 13.1. The molecule has 0 aliphatic carbocycles. The van der Waals surface area contributed by atoms with E-state index in [-0.39, 0.29) is 28.3 Å². The van der Waals surface area contributed by atoms with E-state index >= 15 is 0 Å². The van der Waals surface area contributed by atoms with Gasteiger partial charge < -0.3 is 15.7 Å². The van der Waals surface area contributed by atoms with Crippen LogP contribution in [0, 0.1) is 30.6 Å². The molecule has 6 nitrogen and oxygen atoms in total. The van der Waals surface area contributed by atoms with Crippen LogP contribution >= 0.6 is 11.6 Å². The van der Waals surface area contributed by atoms with Crippen LogP contribution in [0.1, 0.15) is 44.1 Å². The summed E-state index contributed by atoms with van der Waals surface area (Å²) in [5.41, 5.74) is 10.0. The second-order valence-corrected chi connectivity index (χ2v) is 7.87. The SMILES string of the molecule is Cc1cc(C)c(C(=O)N2CC(c3ccc(C#N)cc3)C2)cc1C(=N)/C(Cl)=C(\N)CO. The molecular formula is C23H23ClN4O2. The zero-order valence-electron chi connectivity index (χ0n) is 16.9. The number of hydrogen-bond acceptors (Lipinski definition) is 5. The number of nitrogens with zero attached hydrogens (tertiary/aromatic N) is 2. The first-order valence-corrected chi connectivity index (χ1v) is 9.89. The van der Waals surface area contributed by atoms with Gasteiger partial charge in [0.15, 0.2) is 0 Å². The van der Waals surface area contributed by atoms with Crippen LogP contribution < -0.4 is 5.73 Å². The van der Waals surface area contributed by atoms with Gasteiger partial charge in [0.2, 0.25) is 0 Å². The van der Waals surface area contributed by atoms with Crippen molar-refractivity contribution in [2.45, 2.75) is 19.8 Å². The normalized spacial score (nSPS) is 14.6. The standard InChI is InChI=1S/C23H23ClN4O2/c1-13-7-14(2)19(8-18(13)22(27)21(24)20(26)12-29)23(30)28-10-17(11-28)16-5-3-15(9-25)4-6-16/h3-8,17,27,29H,10-12,26H2,1-2H3/b21-20+,27-22?. The number of benzene rings is 2. The molecule has 1 heterocycles. The zero-order chi connectivity index (χ0) is 22.0. The van der Waals surface area contributed by atoms with Crippen LogP contribution in [0.4, 0.5) is 0 Å². The second-order valence-electron chi connectivity index (χ2n) is 7.50. The summed E-state index contributed by atoms with van der Waals surface area (Å²) in [6.07, 6.45) is 0. The Morgan fingerprint density at radius 3 is 2.40 bits per heavy atom. The number of likely N-dealkylation sites (tertiary alicyclic amines) is 1. The summed E-state index contributed by atoms with van der Waals surface area (Å²) in [4.78, 5) is 14.8. The molecule has 30 heavy (non-hydrogen) atoms. The molecule has 1 amide bonds. The first-order valence-electron chi connectivity index (χ1n) is 9.51. The van der Waals surface area contributed by atoms with Crippen LogP contribution in [-0.2, 0) is 0 Å². The van der Waals surface area contributed by atoms with Gasteiger partial charge in [0, 0.05) is 30.1 Å². The molecular weight excluding hydrogens is 400 g/mol. The summed E-state index contributed by atoms with van der Waals surface area (Å²) in [7, 11) is 0. The van der Waals surface area contributed by atoms with E-state index in [1.807, 2.05) is 32.0 Å². The molecule has 1 fully saturated rings. The molecule has 1 aliphatic rings. The predicted molar refractivity (Wildman–Crippen MR) is 117 cm³/mol. The number of halogens is 1. The molecule has 1 saturated heterocycles. The van der Waals surface area contributed by atoms with Gasteiger partial charge in [-0.05, 0) is 48.7 Å². The molecule has 0 aromatic heterocycles. The Morgan fingerprint density at radius 1 is 1.23 bits per heavy atom. The number of amides is 1. The smallest absolute Gasteiger partial charge is 0.254 e. The van der Waals surface area contributed by atoms with Crippen molar-refractivity contribution in [1.82, 2.24) is 4.90 Å². The predicted octanol–water partition coefficient (Wildman–Crippen LogP) is 3.18. The summed E-state index contributed by atoms with van der Waals surface area (Å²) < 4.78 is 0. The van der Waals surface area contributed by atoms with E-state index in [2.05, 4.69) is 6.07 Å². The lowest BCUT2D eigenvalue weighted by atomic mass is 9.89. The lowest BCUT2D eigenvalue weighted by Crippen LogP contribution is -2.48. The van der Waals surface area contributed by atoms with E-state index in [1.165, 1.54) is 0 Å². The lowest BCUT2D eigenvalue weighted by molar-refractivity contribution is 0.0601. The highest BCUT2D eigenvalue weighted by Gasteiger charge is 2.33. The Bertz CT molecular complexity index is 1080. The Labute approximate surface area is 180 Å². The summed E-state index contributed by atoms with van der Waals surface area (Å²) in [5, 5.41) is 26.4. The van der Waals surface area contributed by atoms with Crippen molar-refractivity contribution in [2.24, 2.45) is 5.73 Å². The monoisotopic (exact) mass is 422 g/mol. The van der Waals surface area contributed by atoms with Crippen LogP contribution in [-0.4, -0.2) is 41.3 Å². The molecule has 0 unspecified atom stereocenters. The summed E-state index contributed by atoms with van der Waals surface area (Å²) in [5.74, 6) is 0.147. The van der Waals surface area contributed by atoms with Crippen LogP contribution in [0.15, 0.2) is 47.1 Å². The largest absolute Gasteiger partial charge is 0.399 e. The zero-order valence-corrected chi connectivity index (χ0v) is 17.6. The lowest BCUT2D eigenvalue weighted by Gasteiger charge is -2.40. The minimum Gasteiger partial charge on any atom is -0.399 e. The molecule has 0 radical (unpaired) electrons. The Hall–Kier alpha value is -3.14. The fourth-order valence-electron chi connectivity index (χ4n) is 3.56. The molecule has 154 valence electrons. The van der Waals surface area contributed by atoms with Gasteiger partial charge in [-0.3, -0.25) is 10.2 Å². The third-order valence-corrected chi connectivity index (χ3v) is 5.85. The highest BCUT2D eigenvalue weighted by molar-refractivity contribution is 6.46. The average Bonchev–Trinajstić information content (AvgIpc) is 2.71. The number of allylic oxidation sites excluding steroid dienone is 1. The molecule has 0 atom stereocenters. The van der Waals surface area contributed by atoms with Crippen LogP contribution in [0.5, 0.6) is 0 Å². The quantitative estimate of drug-likeness (QED) is 0.642. The average molecular weight is 423 g/mol. The number of carbonyl (C=O) groups is 1. The van der Waals surface area contributed by atoms with Crippen molar-refractivity contribution < 1.29 is 9.90 Å². The number of nitrogens with one attached hydrogen (secondary N) is 1. The number of rotatable bonds is 5. The van der Waals surface area contributed by atoms with Crippen molar-refractivity contribution in [3.63, 3.8) is 0 Å². The minimum atomic E-state index is -0.442. The number of nitriles is 1. The summed E-state index contributed by atoms with van der Waals surface area (Å²) in [6, 6.07) is 13.1. The molecule has 0 saturated carbocycles. The third-order valence-electron chi connectivity index (χ3n) is 5.42. The number of hydrogen-bond donors (Lipinski definition) is 3. The van der Waals surface area contributed by atoms with Gasteiger partial charge in [-0.1, -0.05) is 29.8 Å². The van der Waals surface area contributed by atoms with Crippen molar-refractivity contribution in [3.05, 3.63) is 80.5 Å². The van der Waals surface area contributed by atoms with Crippen molar-refractivity contribution in [2.75, 3.05) is 19.7 Å². The van der Waals surface area contributed by atoms with Crippen LogP contribution in [0.25, 0.3) is 0 Å². The first-order chi connectivity index (χ1) is 14.3. The Balaban J connectivity index is 1.80. The van der Waals surface area contributed by atoms with E-state index in [0.717, 1.165) is 16.7 Å². The van der Waals surface area contributed by atoms with Crippen molar-refractivity contribution >= 4 is 23.2 Å². The van der Waals surface area contributed by atoms with Gasteiger partial charge in [-0.2, -0.15) is 5.26 Å². The molecule has 0 bridgehead atoms. The van der Waals surface area contributed by atoms with Gasteiger partial charge in [0.1, 0.15) is 0 Å². The highest BCUT2D eigenvalue weighted by Crippen LogP contribution is 2.30. The molecule has 7 heteroatoms. The second kappa shape index (κ2) is 8.70. The Kier molecular flexibility index (Phi) is 6.25. The molecule has 2 aromatic rings. The van der Waals surface area contributed by atoms with E-state index in [4.69, 9.17) is 28.0 Å². The van der Waals surface area contributed by atoms with Gasteiger partial charge in [-0.25, -0.2) is 0 Å². The van der Waals surface area contributed by atoms with Crippen LogP contribution in [0.3, 0.4) is 0 Å².